The topological polar surface area (TPSA) is 95.1 Å². The van der Waals surface area contributed by atoms with Crippen molar-refractivity contribution in [2.24, 2.45) is 10.9 Å². The number of amides is 4. The third kappa shape index (κ3) is 6.53. The summed E-state index contributed by atoms with van der Waals surface area (Å²) < 4.78 is 6.12. The molecule has 0 aliphatic carbocycles. The minimum Gasteiger partial charge on any atom is -0.489 e. The maximum absolute atomic E-state index is 14.4. The number of aromatic nitrogens is 1. The number of anilines is 2. The molecule has 6 aromatic rings. The number of rotatable bonds is 10. The van der Waals surface area contributed by atoms with Crippen LogP contribution in [0.4, 0.5) is 16.2 Å². The van der Waals surface area contributed by atoms with Crippen LogP contribution < -0.4 is 14.5 Å². The minimum absolute atomic E-state index is 0.260. The highest BCUT2D eigenvalue weighted by atomic mass is 35.5. The van der Waals surface area contributed by atoms with Gasteiger partial charge in [0.05, 0.1) is 17.1 Å². The van der Waals surface area contributed by atoms with Crippen LogP contribution in [0.15, 0.2) is 138 Å². The second kappa shape index (κ2) is 14.2. The number of benzene rings is 5. The second-order valence-corrected chi connectivity index (χ2v) is 12.4. The molecule has 2 heterocycles. The molecule has 1 aliphatic rings. The first kappa shape index (κ1) is 32.6. The molecule has 0 spiro atoms. The average Bonchev–Trinajstić information content (AvgIpc) is 3.45. The summed E-state index contributed by atoms with van der Waals surface area (Å²) in [6.45, 7) is 2.73. The lowest BCUT2D eigenvalue weighted by Crippen LogP contribution is -2.62. The van der Waals surface area contributed by atoms with E-state index in [0.29, 0.717) is 35.0 Å². The number of imide groups is 2. The Morgan fingerprint density at radius 3 is 1.94 bits per heavy atom. The molecule has 7 rings (SSSR count). The van der Waals surface area contributed by atoms with Crippen molar-refractivity contribution in [3.63, 3.8) is 0 Å². The summed E-state index contributed by atoms with van der Waals surface area (Å²) in [5, 5.41) is 1.51. The molecule has 1 fully saturated rings. The molecule has 0 unspecified atom stereocenters. The normalized spacial score (nSPS) is 14.1. The molecular formula is C41H33ClN4O4. The van der Waals surface area contributed by atoms with Crippen LogP contribution in [0, 0.1) is 12.8 Å². The van der Waals surface area contributed by atoms with Gasteiger partial charge in [0.15, 0.2) is 5.92 Å². The third-order valence-electron chi connectivity index (χ3n) is 8.74. The summed E-state index contributed by atoms with van der Waals surface area (Å²) in [6.07, 6.45) is 0.518. The number of nitrogens with one attached hydrogen (secondary N) is 1. The molecule has 1 aliphatic heterocycles. The first-order valence-electron chi connectivity index (χ1n) is 16.3. The molecule has 4 amide bonds. The average molecular weight is 681 g/mol. The van der Waals surface area contributed by atoms with E-state index < -0.39 is 23.8 Å². The van der Waals surface area contributed by atoms with Gasteiger partial charge in [0, 0.05) is 28.2 Å². The van der Waals surface area contributed by atoms with Gasteiger partial charge < -0.3 is 9.72 Å². The standard InChI is InChI=1S/C41H33ClN4O4/c1-27-34(35-25-33(21-22-36(35)44-27)50-26-28-11-5-2-6-12-28)23-24-43-38(29-17-19-30(42)20-18-29)37-39(47)45(31-13-7-3-8-14-31)41(49)46(40(37)48)32-15-9-4-10-16-32/h2-22,25,37,44H,23-24,26H2,1H3. The zero-order valence-corrected chi connectivity index (χ0v) is 28.0. The quantitative estimate of drug-likeness (QED) is 0.116. The van der Waals surface area contributed by atoms with Crippen molar-refractivity contribution in [3.8, 4) is 5.75 Å². The summed E-state index contributed by atoms with van der Waals surface area (Å²) in [5.74, 6) is -1.99. The maximum atomic E-state index is 14.4. The van der Waals surface area contributed by atoms with Crippen LogP contribution >= 0.6 is 11.6 Å². The number of aryl methyl sites for hydroxylation is 1. The molecule has 0 bridgehead atoms. The monoisotopic (exact) mass is 680 g/mol. The Morgan fingerprint density at radius 1 is 0.760 bits per heavy atom. The molecule has 1 N–H and O–H groups in total. The largest absolute Gasteiger partial charge is 0.489 e. The van der Waals surface area contributed by atoms with E-state index in [1.54, 1.807) is 84.9 Å². The van der Waals surface area contributed by atoms with Crippen LogP contribution in [0.2, 0.25) is 5.02 Å². The Labute approximate surface area is 294 Å². The van der Waals surface area contributed by atoms with Gasteiger partial charge in [-0.25, -0.2) is 14.6 Å². The lowest BCUT2D eigenvalue weighted by Gasteiger charge is -2.37. The molecule has 0 atom stereocenters. The van der Waals surface area contributed by atoms with Crippen molar-refractivity contribution in [2.45, 2.75) is 20.0 Å². The summed E-state index contributed by atoms with van der Waals surface area (Å²) in [6, 6.07) is 39.3. The van der Waals surface area contributed by atoms with E-state index >= 15 is 0 Å². The maximum Gasteiger partial charge on any atom is 0.342 e. The molecule has 8 nitrogen and oxygen atoms in total. The van der Waals surface area contributed by atoms with Gasteiger partial charge in [-0.3, -0.25) is 14.6 Å². The Morgan fingerprint density at radius 2 is 1.34 bits per heavy atom. The molecule has 9 heteroatoms. The van der Waals surface area contributed by atoms with Gasteiger partial charge in [-0.2, -0.15) is 0 Å². The number of aromatic amines is 1. The van der Waals surface area contributed by atoms with E-state index in [4.69, 9.17) is 21.3 Å². The molecule has 1 aromatic heterocycles. The zero-order chi connectivity index (χ0) is 34.6. The van der Waals surface area contributed by atoms with Gasteiger partial charge in [-0.1, -0.05) is 90.5 Å². The number of ether oxygens (including phenoxy) is 1. The predicted octanol–water partition coefficient (Wildman–Crippen LogP) is 8.56. The number of nitrogens with zero attached hydrogens (tertiary/aromatic N) is 3. The lowest BCUT2D eigenvalue weighted by atomic mass is 9.91. The molecule has 1 saturated heterocycles. The van der Waals surface area contributed by atoms with E-state index in [2.05, 4.69) is 4.98 Å². The Kier molecular flexibility index (Phi) is 9.27. The molecule has 0 saturated carbocycles. The van der Waals surface area contributed by atoms with Gasteiger partial charge in [-0.05, 0) is 84.6 Å². The fourth-order valence-corrected chi connectivity index (χ4v) is 6.41. The summed E-state index contributed by atoms with van der Waals surface area (Å²) >= 11 is 6.25. The molecule has 0 radical (unpaired) electrons. The smallest absolute Gasteiger partial charge is 0.342 e. The number of hydrogen-bond acceptors (Lipinski definition) is 5. The van der Waals surface area contributed by atoms with E-state index in [-0.39, 0.29) is 12.3 Å². The Hall–Kier alpha value is -5.99. The highest BCUT2D eigenvalue weighted by molar-refractivity contribution is 6.43. The van der Waals surface area contributed by atoms with Crippen molar-refractivity contribution in [1.29, 1.82) is 0 Å². The number of para-hydroxylation sites is 2. The predicted molar refractivity (Wildman–Crippen MR) is 197 cm³/mol. The van der Waals surface area contributed by atoms with E-state index in [9.17, 15) is 14.4 Å². The Balaban J connectivity index is 1.25. The summed E-state index contributed by atoms with van der Waals surface area (Å²) in [7, 11) is 0. The van der Waals surface area contributed by atoms with Gasteiger partial charge in [0.2, 0.25) is 0 Å². The van der Waals surface area contributed by atoms with E-state index in [0.717, 1.165) is 43.3 Å². The van der Waals surface area contributed by atoms with Crippen molar-refractivity contribution in [3.05, 3.63) is 161 Å². The first-order valence-corrected chi connectivity index (χ1v) is 16.7. The van der Waals surface area contributed by atoms with Crippen LogP contribution in [0.5, 0.6) is 5.75 Å². The number of barbiturate groups is 1. The summed E-state index contributed by atoms with van der Waals surface area (Å²) in [5.41, 5.74) is 5.63. The van der Waals surface area contributed by atoms with Crippen LogP contribution in [0.25, 0.3) is 10.9 Å². The van der Waals surface area contributed by atoms with Crippen LogP contribution in [-0.2, 0) is 22.6 Å². The number of carbonyl (C=O) groups is 3. The number of fused-ring (bicyclic) bond motifs is 1. The molecule has 5 aromatic carbocycles. The van der Waals surface area contributed by atoms with Crippen LogP contribution in [0.3, 0.4) is 0 Å². The summed E-state index contributed by atoms with van der Waals surface area (Å²) in [4.78, 5) is 53.2. The zero-order valence-electron chi connectivity index (χ0n) is 27.3. The molecule has 50 heavy (non-hydrogen) atoms. The van der Waals surface area contributed by atoms with E-state index in [1.807, 2.05) is 55.5 Å². The van der Waals surface area contributed by atoms with Gasteiger partial charge >= 0.3 is 6.03 Å². The minimum atomic E-state index is -1.39. The van der Waals surface area contributed by atoms with Crippen molar-refractivity contribution in [1.82, 2.24) is 4.98 Å². The highest BCUT2D eigenvalue weighted by Crippen LogP contribution is 2.32. The van der Waals surface area contributed by atoms with Crippen LogP contribution in [-0.4, -0.2) is 35.1 Å². The van der Waals surface area contributed by atoms with Crippen molar-refractivity contribution in [2.75, 3.05) is 16.3 Å². The highest BCUT2D eigenvalue weighted by Gasteiger charge is 2.49. The second-order valence-electron chi connectivity index (χ2n) is 12.0. The van der Waals surface area contributed by atoms with Gasteiger partial charge in [0.25, 0.3) is 11.8 Å². The van der Waals surface area contributed by atoms with Crippen LogP contribution in [0.1, 0.15) is 22.4 Å². The van der Waals surface area contributed by atoms with Crippen molar-refractivity contribution < 1.29 is 19.1 Å². The lowest BCUT2D eigenvalue weighted by molar-refractivity contribution is -0.129. The number of hydrogen-bond donors (Lipinski definition) is 1. The van der Waals surface area contributed by atoms with Gasteiger partial charge in [-0.15, -0.1) is 0 Å². The SMILES string of the molecule is Cc1[nH]c2ccc(OCc3ccccc3)cc2c1CCN=C(c1ccc(Cl)cc1)C1C(=O)N(c2ccccc2)C(=O)N(c2ccccc2)C1=O. The fraction of sp³-hybridized carbons (Fsp3) is 0.122. The van der Waals surface area contributed by atoms with E-state index in [1.165, 1.54) is 0 Å². The van der Waals surface area contributed by atoms with Gasteiger partial charge in [0.1, 0.15) is 12.4 Å². The molecular weight excluding hydrogens is 648 g/mol. The number of halogens is 1. The fourth-order valence-electron chi connectivity index (χ4n) is 6.29. The molecule has 248 valence electrons. The number of H-pyrrole nitrogens is 1. The number of carbonyl (C=O) groups excluding carboxylic acids is 3. The third-order valence-corrected chi connectivity index (χ3v) is 8.99. The Bertz CT molecular complexity index is 2140. The first-order chi connectivity index (χ1) is 24.4. The number of urea groups is 1. The number of aliphatic imine (C=N–C) groups is 1. The van der Waals surface area contributed by atoms with Crippen molar-refractivity contribution >= 4 is 57.4 Å².